The van der Waals surface area contributed by atoms with E-state index in [-0.39, 0.29) is 16.6 Å². The third-order valence-corrected chi connectivity index (χ3v) is 3.71. The summed E-state index contributed by atoms with van der Waals surface area (Å²) in [5, 5.41) is 0.539. The van der Waals surface area contributed by atoms with Crippen LogP contribution in [0, 0.1) is 19.7 Å². The Kier molecular flexibility index (Phi) is 3.93. The van der Waals surface area contributed by atoms with Gasteiger partial charge in [-0.25, -0.2) is 4.39 Å². The molecule has 19 heavy (non-hydrogen) atoms. The first kappa shape index (κ1) is 14.0. The fourth-order valence-corrected chi connectivity index (χ4v) is 2.30. The minimum atomic E-state index is -0.297. The van der Waals surface area contributed by atoms with Crippen LogP contribution in [0.1, 0.15) is 27.0 Å². The maximum Gasteiger partial charge on any atom is 0.194 e. The summed E-state index contributed by atoms with van der Waals surface area (Å²) in [5.41, 5.74) is 1.59. The standard InChI is InChI=1S/C15H11Cl2FO/c1-8-6-10(7-9(2)14(8)18)15(19)11-4-3-5-12(16)13(11)17/h3-7H,1-2H3. The van der Waals surface area contributed by atoms with Gasteiger partial charge in [0.25, 0.3) is 0 Å². The highest BCUT2D eigenvalue weighted by atomic mass is 35.5. The van der Waals surface area contributed by atoms with Crippen LogP contribution in [0.25, 0.3) is 0 Å². The Bertz CT molecular complexity index is 642. The first-order chi connectivity index (χ1) is 8.91. The van der Waals surface area contributed by atoms with Crippen molar-refractivity contribution < 1.29 is 9.18 Å². The van der Waals surface area contributed by atoms with Gasteiger partial charge >= 0.3 is 0 Å². The van der Waals surface area contributed by atoms with Gasteiger partial charge in [-0.1, -0.05) is 29.3 Å². The molecule has 2 aromatic rings. The van der Waals surface area contributed by atoms with Gasteiger partial charge in [0, 0.05) is 11.1 Å². The van der Waals surface area contributed by atoms with Gasteiger partial charge in [-0.15, -0.1) is 0 Å². The number of carbonyl (C=O) groups is 1. The Hall–Kier alpha value is -1.38. The van der Waals surface area contributed by atoms with Gasteiger partial charge in [0.05, 0.1) is 10.0 Å². The predicted octanol–water partition coefficient (Wildman–Crippen LogP) is 4.98. The summed E-state index contributed by atoms with van der Waals surface area (Å²) in [5.74, 6) is -0.563. The van der Waals surface area contributed by atoms with E-state index in [9.17, 15) is 9.18 Å². The minimum absolute atomic E-state index is 0.216. The maximum absolute atomic E-state index is 13.6. The molecule has 0 aromatic heterocycles. The summed E-state index contributed by atoms with van der Waals surface area (Å²) in [7, 11) is 0. The molecule has 0 amide bonds. The van der Waals surface area contributed by atoms with E-state index in [0.29, 0.717) is 27.3 Å². The Balaban J connectivity index is 2.53. The molecule has 0 spiro atoms. The van der Waals surface area contributed by atoms with Crippen LogP contribution in [-0.2, 0) is 0 Å². The van der Waals surface area contributed by atoms with Gasteiger partial charge in [0.2, 0.25) is 0 Å². The summed E-state index contributed by atoms with van der Waals surface area (Å²) < 4.78 is 13.6. The van der Waals surface area contributed by atoms with Gasteiger partial charge in [-0.3, -0.25) is 4.79 Å². The third-order valence-electron chi connectivity index (χ3n) is 2.89. The monoisotopic (exact) mass is 296 g/mol. The minimum Gasteiger partial charge on any atom is -0.289 e. The molecule has 0 unspecified atom stereocenters. The van der Waals surface area contributed by atoms with Gasteiger partial charge < -0.3 is 0 Å². The lowest BCUT2D eigenvalue weighted by Gasteiger charge is -2.08. The van der Waals surface area contributed by atoms with Crippen molar-refractivity contribution in [2.24, 2.45) is 0 Å². The fraction of sp³-hybridized carbons (Fsp3) is 0.133. The number of halogens is 3. The van der Waals surface area contributed by atoms with Crippen molar-refractivity contribution in [3.63, 3.8) is 0 Å². The Labute approximate surface area is 121 Å². The zero-order valence-corrected chi connectivity index (χ0v) is 11.9. The largest absolute Gasteiger partial charge is 0.289 e. The lowest BCUT2D eigenvalue weighted by molar-refractivity contribution is 0.103. The second kappa shape index (κ2) is 5.32. The lowest BCUT2D eigenvalue weighted by atomic mass is 9.99. The summed E-state index contributed by atoms with van der Waals surface area (Å²) in [6, 6.07) is 7.90. The Morgan fingerprint density at radius 2 is 1.68 bits per heavy atom. The third kappa shape index (κ3) is 2.65. The molecule has 0 aliphatic heterocycles. The zero-order chi connectivity index (χ0) is 14.2. The number of carbonyl (C=O) groups excluding carboxylic acids is 1. The molecular weight excluding hydrogens is 286 g/mol. The lowest BCUT2D eigenvalue weighted by Crippen LogP contribution is -2.04. The summed E-state index contributed by atoms with van der Waals surface area (Å²) >= 11 is 11.9. The molecule has 0 aliphatic rings. The van der Waals surface area contributed by atoms with Crippen molar-refractivity contribution in [2.75, 3.05) is 0 Å². The molecule has 0 fully saturated rings. The average Bonchev–Trinajstić information content (AvgIpc) is 2.38. The summed E-state index contributed by atoms with van der Waals surface area (Å²) in [6.45, 7) is 3.25. The van der Waals surface area contributed by atoms with Crippen molar-refractivity contribution >= 4 is 29.0 Å². The number of hydrogen-bond acceptors (Lipinski definition) is 1. The number of rotatable bonds is 2. The van der Waals surface area contributed by atoms with Crippen molar-refractivity contribution in [3.8, 4) is 0 Å². The van der Waals surface area contributed by atoms with Crippen molar-refractivity contribution in [3.05, 3.63) is 68.4 Å². The molecule has 2 rings (SSSR count). The molecule has 0 saturated carbocycles. The van der Waals surface area contributed by atoms with Crippen LogP contribution in [0.2, 0.25) is 10.0 Å². The molecule has 0 atom stereocenters. The molecule has 0 heterocycles. The number of aryl methyl sites for hydroxylation is 2. The first-order valence-corrected chi connectivity index (χ1v) is 6.43. The van der Waals surface area contributed by atoms with Crippen LogP contribution >= 0.6 is 23.2 Å². The van der Waals surface area contributed by atoms with E-state index in [1.165, 1.54) is 12.1 Å². The highest BCUT2D eigenvalue weighted by Crippen LogP contribution is 2.28. The van der Waals surface area contributed by atoms with Crippen molar-refractivity contribution in [1.82, 2.24) is 0 Å². The van der Waals surface area contributed by atoms with Crippen LogP contribution in [0.4, 0.5) is 4.39 Å². The van der Waals surface area contributed by atoms with E-state index in [1.807, 2.05) is 0 Å². The van der Waals surface area contributed by atoms with Crippen LogP contribution in [0.5, 0.6) is 0 Å². The van der Waals surface area contributed by atoms with E-state index in [1.54, 1.807) is 32.0 Å². The van der Waals surface area contributed by atoms with Crippen LogP contribution in [-0.4, -0.2) is 5.78 Å². The maximum atomic E-state index is 13.6. The number of benzene rings is 2. The van der Waals surface area contributed by atoms with E-state index < -0.39 is 0 Å². The molecule has 1 nitrogen and oxygen atoms in total. The average molecular weight is 297 g/mol. The van der Waals surface area contributed by atoms with E-state index in [0.717, 1.165) is 0 Å². The van der Waals surface area contributed by atoms with Crippen LogP contribution < -0.4 is 0 Å². The van der Waals surface area contributed by atoms with E-state index in [4.69, 9.17) is 23.2 Å². The first-order valence-electron chi connectivity index (χ1n) is 5.67. The highest BCUT2D eigenvalue weighted by Gasteiger charge is 2.16. The Morgan fingerprint density at radius 1 is 1.11 bits per heavy atom. The molecule has 0 saturated heterocycles. The Morgan fingerprint density at radius 3 is 2.26 bits per heavy atom. The van der Waals surface area contributed by atoms with Gasteiger partial charge in [0.15, 0.2) is 5.78 Å². The molecule has 98 valence electrons. The van der Waals surface area contributed by atoms with Crippen molar-refractivity contribution in [1.29, 1.82) is 0 Å². The topological polar surface area (TPSA) is 17.1 Å². The van der Waals surface area contributed by atoms with Crippen molar-refractivity contribution in [2.45, 2.75) is 13.8 Å². The smallest absolute Gasteiger partial charge is 0.194 e. The number of ketones is 1. The van der Waals surface area contributed by atoms with E-state index >= 15 is 0 Å². The molecule has 0 N–H and O–H groups in total. The van der Waals surface area contributed by atoms with Gasteiger partial charge in [0.1, 0.15) is 5.82 Å². The van der Waals surface area contributed by atoms with Crippen LogP contribution in [0.3, 0.4) is 0 Å². The van der Waals surface area contributed by atoms with Gasteiger partial charge in [-0.05, 0) is 49.2 Å². The zero-order valence-electron chi connectivity index (χ0n) is 10.4. The SMILES string of the molecule is Cc1cc(C(=O)c2cccc(Cl)c2Cl)cc(C)c1F. The quantitative estimate of drug-likeness (QED) is 0.714. The summed E-state index contributed by atoms with van der Waals surface area (Å²) in [4.78, 5) is 12.4. The highest BCUT2D eigenvalue weighted by molar-refractivity contribution is 6.44. The van der Waals surface area contributed by atoms with Gasteiger partial charge in [-0.2, -0.15) is 0 Å². The molecule has 2 aromatic carbocycles. The molecule has 4 heteroatoms. The molecule has 0 bridgehead atoms. The van der Waals surface area contributed by atoms with E-state index in [2.05, 4.69) is 0 Å². The molecular formula is C15H11Cl2FO. The second-order valence-electron chi connectivity index (χ2n) is 4.35. The normalized spacial score (nSPS) is 10.6. The predicted molar refractivity (Wildman–Crippen MR) is 75.8 cm³/mol. The number of hydrogen-bond donors (Lipinski definition) is 0. The molecule has 0 radical (unpaired) electrons. The fourth-order valence-electron chi connectivity index (χ4n) is 1.91. The molecule has 0 aliphatic carbocycles. The summed E-state index contributed by atoms with van der Waals surface area (Å²) in [6.07, 6.45) is 0. The van der Waals surface area contributed by atoms with Crippen LogP contribution in [0.15, 0.2) is 30.3 Å². The second-order valence-corrected chi connectivity index (χ2v) is 5.14.